The third-order valence-corrected chi connectivity index (χ3v) is 1.91. The van der Waals surface area contributed by atoms with Gasteiger partial charge in [-0.2, -0.15) is 0 Å². The Morgan fingerprint density at radius 1 is 1.50 bits per heavy atom. The number of nitrogens with zero attached hydrogens (tertiary/aromatic N) is 1. The molecule has 0 atom stereocenters. The van der Waals surface area contributed by atoms with Crippen LogP contribution in [0.4, 0.5) is 0 Å². The molecule has 0 N–H and O–H groups in total. The van der Waals surface area contributed by atoms with Crippen molar-refractivity contribution in [3.05, 3.63) is 12.2 Å². The predicted molar refractivity (Wildman–Crippen MR) is 45.4 cm³/mol. The molecule has 0 aromatic carbocycles. The van der Waals surface area contributed by atoms with Gasteiger partial charge in [0.1, 0.15) is 0 Å². The lowest BCUT2D eigenvalue weighted by Gasteiger charge is -2.18. The summed E-state index contributed by atoms with van der Waals surface area (Å²) < 4.78 is 0. The molecule has 0 aromatic rings. The minimum absolute atomic E-state index is 0.161. The van der Waals surface area contributed by atoms with Crippen molar-refractivity contribution in [1.82, 2.24) is 4.90 Å². The lowest BCUT2D eigenvalue weighted by atomic mass is 10.2. The highest BCUT2D eigenvalue weighted by atomic mass is 16.2. The monoisotopic (exact) mass is 167 g/mol. The number of allylic oxidation sites excluding steroid dienone is 1. The molecule has 0 aromatic heterocycles. The van der Waals surface area contributed by atoms with E-state index in [2.05, 4.69) is 0 Å². The number of hydrogen-bond donors (Lipinski definition) is 0. The zero-order chi connectivity index (χ0) is 8.97. The molecule has 0 bridgehead atoms. The van der Waals surface area contributed by atoms with Crippen LogP contribution in [-0.2, 0) is 9.59 Å². The SMILES string of the molecule is CC(=O)N1CCCC/C=C\C1=O. The quantitative estimate of drug-likeness (QED) is 0.541. The molecule has 12 heavy (non-hydrogen) atoms. The Balaban J connectivity index is 2.69. The Morgan fingerprint density at radius 3 is 2.92 bits per heavy atom. The lowest BCUT2D eigenvalue weighted by Crippen LogP contribution is -2.35. The maximum absolute atomic E-state index is 11.2. The molecule has 0 saturated heterocycles. The molecule has 1 aliphatic rings. The van der Waals surface area contributed by atoms with E-state index in [1.165, 1.54) is 17.9 Å². The van der Waals surface area contributed by atoms with Crippen LogP contribution in [0.25, 0.3) is 0 Å². The molecular formula is C9H13NO2. The van der Waals surface area contributed by atoms with Crippen LogP contribution in [0.2, 0.25) is 0 Å². The molecular weight excluding hydrogens is 154 g/mol. The van der Waals surface area contributed by atoms with E-state index in [-0.39, 0.29) is 11.8 Å². The van der Waals surface area contributed by atoms with Crippen LogP contribution >= 0.6 is 0 Å². The van der Waals surface area contributed by atoms with Gasteiger partial charge in [0, 0.05) is 13.5 Å². The molecule has 0 spiro atoms. The van der Waals surface area contributed by atoms with E-state index in [0.29, 0.717) is 6.54 Å². The minimum atomic E-state index is -0.179. The lowest BCUT2D eigenvalue weighted by molar-refractivity contribution is -0.140. The summed E-state index contributed by atoms with van der Waals surface area (Å²) in [5.41, 5.74) is 0. The van der Waals surface area contributed by atoms with Crippen molar-refractivity contribution in [1.29, 1.82) is 0 Å². The molecule has 1 rings (SSSR count). The van der Waals surface area contributed by atoms with Crippen LogP contribution in [-0.4, -0.2) is 23.3 Å². The molecule has 66 valence electrons. The van der Waals surface area contributed by atoms with Crippen molar-refractivity contribution >= 4 is 11.8 Å². The number of carbonyl (C=O) groups is 2. The topological polar surface area (TPSA) is 37.4 Å². The van der Waals surface area contributed by atoms with Crippen LogP contribution in [0, 0.1) is 0 Å². The zero-order valence-electron chi connectivity index (χ0n) is 7.25. The minimum Gasteiger partial charge on any atom is -0.279 e. The van der Waals surface area contributed by atoms with Gasteiger partial charge in [-0.15, -0.1) is 0 Å². The molecule has 0 aliphatic carbocycles. The maximum atomic E-state index is 11.2. The van der Waals surface area contributed by atoms with E-state index in [0.717, 1.165) is 19.3 Å². The summed E-state index contributed by atoms with van der Waals surface area (Å²) in [6.07, 6.45) is 6.22. The summed E-state index contributed by atoms with van der Waals surface area (Å²) in [6.45, 7) is 1.99. The molecule has 3 heteroatoms. The van der Waals surface area contributed by atoms with Gasteiger partial charge in [0.2, 0.25) is 5.91 Å². The summed E-state index contributed by atoms with van der Waals surface area (Å²) in [4.78, 5) is 23.5. The highest BCUT2D eigenvalue weighted by molar-refractivity contribution is 6.00. The molecule has 0 saturated carbocycles. The predicted octanol–water partition coefficient (Wildman–Crippen LogP) is 1.10. The fourth-order valence-corrected chi connectivity index (χ4v) is 1.23. The van der Waals surface area contributed by atoms with Crippen molar-refractivity contribution in [3.63, 3.8) is 0 Å². The summed E-state index contributed by atoms with van der Waals surface area (Å²) in [5.74, 6) is -0.339. The van der Waals surface area contributed by atoms with Crippen LogP contribution in [0.3, 0.4) is 0 Å². The first-order chi connectivity index (χ1) is 5.72. The average Bonchev–Trinajstić information content (AvgIpc) is 1.96. The second-order valence-corrected chi connectivity index (χ2v) is 2.91. The molecule has 1 heterocycles. The van der Waals surface area contributed by atoms with Crippen molar-refractivity contribution in [3.8, 4) is 0 Å². The van der Waals surface area contributed by atoms with Crippen LogP contribution in [0.5, 0.6) is 0 Å². The zero-order valence-corrected chi connectivity index (χ0v) is 7.25. The van der Waals surface area contributed by atoms with Crippen molar-refractivity contribution in [2.24, 2.45) is 0 Å². The summed E-state index contributed by atoms with van der Waals surface area (Å²) >= 11 is 0. The molecule has 0 unspecified atom stereocenters. The van der Waals surface area contributed by atoms with Gasteiger partial charge in [-0.1, -0.05) is 6.08 Å². The van der Waals surface area contributed by atoms with Gasteiger partial charge >= 0.3 is 0 Å². The van der Waals surface area contributed by atoms with Gasteiger partial charge in [-0.25, -0.2) is 0 Å². The Bertz CT molecular complexity index is 221. The number of imide groups is 1. The maximum Gasteiger partial charge on any atom is 0.252 e. The van der Waals surface area contributed by atoms with E-state index in [9.17, 15) is 9.59 Å². The number of rotatable bonds is 0. The van der Waals surface area contributed by atoms with E-state index in [4.69, 9.17) is 0 Å². The fourth-order valence-electron chi connectivity index (χ4n) is 1.23. The van der Waals surface area contributed by atoms with Gasteiger partial charge in [0.05, 0.1) is 0 Å². The van der Waals surface area contributed by atoms with Crippen LogP contribution < -0.4 is 0 Å². The molecule has 0 fully saturated rings. The second kappa shape index (κ2) is 4.04. The normalized spacial score (nSPS) is 21.4. The van der Waals surface area contributed by atoms with Crippen molar-refractivity contribution in [2.45, 2.75) is 26.2 Å². The van der Waals surface area contributed by atoms with E-state index in [1.807, 2.05) is 6.08 Å². The smallest absolute Gasteiger partial charge is 0.252 e. The molecule has 2 amide bonds. The van der Waals surface area contributed by atoms with Gasteiger partial charge < -0.3 is 0 Å². The summed E-state index contributed by atoms with van der Waals surface area (Å²) in [7, 11) is 0. The first-order valence-corrected chi connectivity index (χ1v) is 4.20. The summed E-state index contributed by atoms with van der Waals surface area (Å²) in [6, 6.07) is 0. The van der Waals surface area contributed by atoms with Crippen LogP contribution in [0.15, 0.2) is 12.2 Å². The van der Waals surface area contributed by atoms with Gasteiger partial charge in [0.25, 0.3) is 5.91 Å². The third-order valence-electron chi connectivity index (χ3n) is 1.91. The molecule has 3 nitrogen and oxygen atoms in total. The number of hydrogen-bond acceptors (Lipinski definition) is 2. The number of amides is 2. The molecule has 1 aliphatic heterocycles. The Morgan fingerprint density at radius 2 is 2.25 bits per heavy atom. The van der Waals surface area contributed by atoms with E-state index < -0.39 is 0 Å². The van der Waals surface area contributed by atoms with E-state index in [1.54, 1.807) is 0 Å². The highest BCUT2D eigenvalue weighted by Crippen LogP contribution is 2.05. The largest absolute Gasteiger partial charge is 0.279 e. The van der Waals surface area contributed by atoms with Crippen molar-refractivity contribution in [2.75, 3.05) is 6.54 Å². The van der Waals surface area contributed by atoms with Gasteiger partial charge in [-0.05, 0) is 25.3 Å². The summed E-state index contributed by atoms with van der Waals surface area (Å²) in [5, 5.41) is 0. The van der Waals surface area contributed by atoms with Crippen molar-refractivity contribution < 1.29 is 9.59 Å². The molecule has 0 radical (unpaired) electrons. The first kappa shape index (κ1) is 8.97. The average molecular weight is 167 g/mol. The second-order valence-electron chi connectivity index (χ2n) is 2.91. The van der Waals surface area contributed by atoms with E-state index >= 15 is 0 Å². The number of carbonyl (C=O) groups excluding carboxylic acids is 2. The van der Waals surface area contributed by atoms with Gasteiger partial charge in [0.15, 0.2) is 0 Å². The fraction of sp³-hybridized carbons (Fsp3) is 0.556. The first-order valence-electron chi connectivity index (χ1n) is 4.20. The Kier molecular flexibility index (Phi) is 3.02. The Hall–Kier alpha value is -1.12. The highest BCUT2D eigenvalue weighted by Gasteiger charge is 2.15. The standard InChI is InChI=1S/C9H13NO2/c1-8(11)10-7-5-3-2-4-6-9(10)12/h4,6H,2-3,5,7H2,1H3/b6-4-. The Labute approximate surface area is 72.0 Å². The third kappa shape index (κ3) is 2.19. The van der Waals surface area contributed by atoms with Crippen LogP contribution in [0.1, 0.15) is 26.2 Å². The van der Waals surface area contributed by atoms with Gasteiger partial charge in [-0.3, -0.25) is 14.5 Å².